The monoisotopic (exact) mass is 350 g/mol. The van der Waals surface area contributed by atoms with Gasteiger partial charge in [0.1, 0.15) is 0 Å². The standard InChI is InChI=1S/C23H23ClO/c1-15-14-18(16-6-10-19(24)11-7-16)9-12-20(15)22-13-8-17-4-2-3-5-21(17)23(22)25/h2-7,10-12,15,18,22H,8-9,13-14H2,1H3/t15-,18?,22?/m1/s1. The molecule has 0 fully saturated rings. The van der Waals surface area contributed by atoms with E-state index in [2.05, 4.69) is 31.2 Å². The Morgan fingerprint density at radius 3 is 2.56 bits per heavy atom. The van der Waals surface area contributed by atoms with Crippen LogP contribution in [0.5, 0.6) is 0 Å². The highest BCUT2D eigenvalue weighted by molar-refractivity contribution is 6.30. The molecule has 2 aromatic carbocycles. The van der Waals surface area contributed by atoms with Gasteiger partial charge in [-0.25, -0.2) is 0 Å². The number of carbonyl (C=O) groups is 1. The van der Waals surface area contributed by atoms with Crippen LogP contribution in [0.25, 0.3) is 0 Å². The summed E-state index contributed by atoms with van der Waals surface area (Å²) < 4.78 is 0. The second-order valence-electron chi connectivity index (χ2n) is 7.44. The highest BCUT2D eigenvalue weighted by Gasteiger charge is 2.34. The SMILES string of the molecule is C[C@@H]1CC(c2ccc(Cl)cc2)CC=C1C1CCc2ccccc2C1=O. The summed E-state index contributed by atoms with van der Waals surface area (Å²) in [5.74, 6) is 1.39. The first-order chi connectivity index (χ1) is 12.1. The van der Waals surface area contributed by atoms with E-state index in [9.17, 15) is 4.79 Å². The summed E-state index contributed by atoms with van der Waals surface area (Å²) in [6.45, 7) is 2.28. The van der Waals surface area contributed by atoms with Gasteiger partial charge in [0.25, 0.3) is 0 Å². The molecule has 0 saturated carbocycles. The predicted molar refractivity (Wildman–Crippen MR) is 103 cm³/mol. The third-order valence-corrected chi connectivity index (χ3v) is 6.14. The molecular formula is C23H23ClO. The number of carbonyl (C=O) groups excluding carboxylic acids is 1. The lowest BCUT2D eigenvalue weighted by atomic mass is 9.70. The van der Waals surface area contributed by atoms with E-state index in [4.69, 9.17) is 11.6 Å². The Bertz CT molecular complexity index is 818. The van der Waals surface area contributed by atoms with E-state index in [1.165, 1.54) is 16.7 Å². The second kappa shape index (κ2) is 6.80. The van der Waals surface area contributed by atoms with Crippen LogP contribution >= 0.6 is 11.6 Å². The molecule has 0 aromatic heterocycles. The molecule has 4 rings (SSSR count). The summed E-state index contributed by atoms with van der Waals surface area (Å²) in [4.78, 5) is 13.0. The average Bonchev–Trinajstić information content (AvgIpc) is 2.63. The van der Waals surface area contributed by atoms with E-state index < -0.39 is 0 Å². The topological polar surface area (TPSA) is 17.1 Å². The maximum Gasteiger partial charge on any atom is 0.170 e. The minimum Gasteiger partial charge on any atom is -0.293 e. The molecule has 0 heterocycles. The van der Waals surface area contributed by atoms with E-state index in [0.717, 1.165) is 36.3 Å². The molecule has 0 radical (unpaired) electrons. The van der Waals surface area contributed by atoms with Crippen molar-refractivity contribution in [3.63, 3.8) is 0 Å². The Morgan fingerprint density at radius 2 is 1.80 bits per heavy atom. The molecular weight excluding hydrogens is 328 g/mol. The van der Waals surface area contributed by atoms with Crippen molar-refractivity contribution in [2.45, 2.75) is 38.5 Å². The smallest absolute Gasteiger partial charge is 0.170 e. The largest absolute Gasteiger partial charge is 0.293 e. The lowest BCUT2D eigenvalue weighted by molar-refractivity contribution is 0.0916. The molecule has 3 atom stereocenters. The Labute approximate surface area is 154 Å². The number of allylic oxidation sites excluding steroid dienone is 2. The van der Waals surface area contributed by atoms with E-state index in [0.29, 0.717) is 17.6 Å². The van der Waals surface area contributed by atoms with E-state index in [1.54, 1.807) is 0 Å². The van der Waals surface area contributed by atoms with Crippen LogP contribution in [0, 0.1) is 11.8 Å². The van der Waals surface area contributed by atoms with E-state index in [-0.39, 0.29) is 5.92 Å². The van der Waals surface area contributed by atoms with Gasteiger partial charge in [0.15, 0.2) is 5.78 Å². The quantitative estimate of drug-likeness (QED) is 0.587. The van der Waals surface area contributed by atoms with Crippen LogP contribution in [0.1, 0.15) is 53.6 Å². The molecule has 2 aliphatic carbocycles. The van der Waals surface area contributed by atoms with Gasteiger partial charge in [-0.2, -0.15) is 0 Å². The van der Waals surface area contributed by atoms with Crippen LogP contribution in [0.4, 0.5) is 0 Å². The average molecular weight is 351 g/mol. The Kier molecular flexibility index (Phi) is 4.52. The summed E-state index contributed by atoms with van der Waals surface area (Å²) in [6.07, 6.45) is 6.45. The number of halogens is 1. The minimum atomic E-state index is 0.0797. The first-order valence-corrected chi connectivity index (χ1v) is 9.59. The molecule has 1 nitrogen and oxygen atoms in total. The van der Waals surface area contributed by atoms with Crippen molar-refractivity contribution in [2.75, 3.05) is 0 Å². The number of hydrogen-bond donors (Lipinski definition) is 0. The lowest BCUT2D eigenvalue weighted by Gasteiger charge is -2.34. The molecule has 0 bridgehead atoms. The van der Waals surface area contributed by atoms with Gasteiger partial charge in [-0.05, 0) is 60.8 Å². The van der Waals surface area contributed by atoms with Crippen LogP contribution in [0.2, 0.25) is 5.02 Å². The second-order valence-corrected chi connectivity index (χ2v) is 7.87. The maximum absolute atomic E-state index is 13.0. The van der Waals surface area contributed by atoms with Crippen molar-refractivity contribution < 1.29 is 4.79 Å². The Morgan fingerprint density at radius 1 is 1.04 bits per heavy atom. The molecule has 128 valence electrons. The first-order valence-electron chi connectivity index (χ1n) is 9.21. The van der Waals surface area contributed by atoms with E-state index in [1.807, 2.05) is 30.3 Å². The van der Waals surface area contributed by atoms with Crippen LogP contribution in [0.3, 0.4) is 0 Å². The Hall–Kier alpha value is -1.86. The van der Waals surface area contributed by atoms with E-state index >= 15 is 0 Å². The summed E-state index contributed by atoms with van der Waals surface area (Å²) in [5.41, 5.74) is 4.87. The van der Waals surface area contributed by atoms with Crippen molar-refractivity contribution in [1.82, 2.24) is 0 Å². The number of fused-ring (bicyclic) bond motifs is 1. The molecule has 0 saturated heterocycles. The molecule has 0 amide bonds. The molecule has 25 heavy (non-hydrogen) atoms. The number of aryl methyl sites for hydroxylation is 1. The fourth-order valence-corrected chi connectivity index (χ4v) is 4.67. The van der Waals surface area contributed by atoms with Gasteiger partial charge in [-0.1, -0.05) is 66.6 Å². The predicted octanol–water partition coefficient (Wildman–Crippen LogP) is 6.23. The van der Waals surface area contributed by atoms with Gasteiger partial charge in [0, 0.05) is 16.5 Å². The molecule has 2 unspecified atom stereocenters. The van der Waals surface area contributed by atoms with Gasteiger partial charge < -0.3 is 0 Å². The zero-order chi connectivity index (χ0) is 17.4. The van der Waals surface area contributed by atoms with Gasteiger partial charge >= 0.3 is 0 Å². The summed E-state index contributed by atoms with van der Waals surface area (Å²) >= 11 is 6.01. The highest BCUT2D eigenvalue weighted by Crippen LogP contribution is 2.42. The summed E-state index contributed by atoms with van der Waals surface area (Å²) in [5, 5.41) is 0.787. The normalized spacial score (nSPS) is 26.1. The van der Waals surface area contributed by atoms with Crippen LogP contribution in [-0.2, 0) is 6.42 Å². The lowest BCUT2D eigenvalue weighted by Crippen LogP contribution is -2.28. The van der Waals surface area contributed by atoms with Crippen LogP contribution in [0.15, 0.2) is 60.2 Å². The van der Waals surface area contributed by atoms with Crippen molar-refractivity contribution >= 4 is 17.4 Å². The van der Waals surface area contributed by atoms with Crippen LogP contribution < -0.4 is 0 Å². The fraction of sp³-hybridized carbons (Fsp3) is 0.348. The number of rotatable bonds is 2. The third-order valence-electron chi connectivity index (χ3n) is 5.89. The molecule has 2 aliphatic rings. The number of benzene rings is 2. The van der Waals surface area contributed by atoms with Gasteiger partial charge in [-0.15, -0.1) is 0 Å². The third kappa shape index (κ3) is 3.18. The van der Waals surface area contributed by atoms with Crippen molar-refractivity contribution in [3.05, 3.63) is 81.9 Å². The first kappa shape index (κ1) is 16.6. The minimum absolute atomic E-state index is 0.0797. The highest BCUT2D eigenvalue weighted by atomic mass is 35.5. The van der Waals surface area contributed by atoms with Crippen molar-refractivity contribution in [1.29, 1.82) is 0 Å². The van der Waals surface area contributed by atoms with Gasteiger partial charge in [-0.3, -0.25) is 4.79 Å². The molecule has 0 spiro atoms. The molecule has 2 aromatic rings. The Balaban J connectivity index is 1.56. The number of Topliss-reactive ketones (excluding diaryl/α,β-unsaturated/α-hetero) is 1. The number of hydrogen-bond acceptors (Lipinski definition) is 1. The van der Waals surface area contributed by atoms with Crippen molar-refractivity contribution in [2.24, 2.45) is 11.8 Å². The zero-order valence-corrected chi connectivity index (χ0v) is 15.3. The number of ketones is 1. The fourth-order valence-electron chi connectivity index (χ4n) is 4.55. The van der Waals surface area contributed by atoms with Crippen molar-refractivity contribution in [3.8, 4) is 0 Å². The molecule has 0 N–H and O–H groups in total. The van der Waals surface area contributed by atoms with Gasteiger partial charge in [0.05, 0.1) is 0 Å². The van der Waals surface area contributed by atoms with Gasteiger partial charge in [0.2, 0.25) is 0 Å². The summed E-state index contributed by atoms with van der Waals surface area (Å²) in [6, 6.07) is 16.3. The maximum atomic E-state index is 13.0. The zero-order valence-electron chi connectivity index (χ0n) is 14.5. The summed E-state index contributed by atoms with van der Waals surface area (Å²) in [7, 11) is 0. The van der Waals surface area contributed by atoms with Crippen LogP contribution in [-0.4, -0.2) is 5.78 Å². The molecule has 2 heteroatoms. The molecule has 0 aliphatic heterocycles.